The summed E-state index contributed by atoms with van der Waals surface area (Å²) in [7, 11) is 1.99. The van der Waals surface area contributed by atoms with Crippen LogP contribution in [0.4, 0.5) is 27.7 Å². The molecule has 3 saturated heterocycles. The Morgan fingerprint density at radius 1 is 0.711 bits per heavy atom. The average Bonchev–Trinajstić information content (AvgIpc) is 4.31. The molecule has 3 unspecified atom stereocenters. The summed E-state index contributed by atoms with van der Waals surface area (Å²) in [4.78, 5) is 74.7. The molecule has 3 aliphatic heterocycles. The predicted octanol–water partition coefficient (Wildman–Crippen LogP) is 6.92. The molecular weight excluding hydrogens is 1080 g/mol. The molecular formula is C60H83N11O11S. The van der Waals surface area contributed by atoms with Gasteiger partial charge in [-0.2, -0.15) is 11.8 Å². The highest BCUT2D eigenvalue weighted by Crippen LogP contribution is 2.34. The number of para-hydroxylation sites is 1. The van der Waals surface area contributed by atoms with Gasteiger partial charge >= 0.3 is 6.03 Å². The van der Waals surface area contributed by atoms with E-state index in [4.69, 9.17) is 28.4 Å². The van der Waals surface area contributed by atoms with E-state index in [-0.39, 0.29) is 54.6 Å². The first-order valence-electron chi connectivity index (χ1n) is 29.1. The maximum Gasteiger partial charge on any atom is 0.315 e. The molecule has 0 spiro atoms. The number of benzene rings is 3. The van der Waals surface area contributed by atoms with Crippen molar-refractivity contribution in [2.24, 2.45) is 0 Å². The lowest BCUT2D eigenvalue weighted by Crippen LogP contribution is -2.36. The monoisotopic (exact) mass is 1170 g/mol. The first-order valence-corrected chi connectivity index (χ1v) is 30.1. The Morgan fingerprint density at radius 3 is 2.05 bits per heavy atom. The van der Waals surface area contributed by atoms with Crippen LogP contribution in [-0.4, -0.2) is 173 Å². The van der Waals surface area contributed by atoms with Crippen LogP contribution in [0.2, 0.25) is 0 Å². The lowest BCUT2D eigenvalue weighted by molar-refractivity contribution is -0.123. The second kappa shape index (κ2) is 36.5. The lowest BCUT2D eigenvalue weighted by atomic mass is 10.0. The Bertz CT molecular complexity index is 2630. The molecule has 0 aliphatic carbocycles. The minimum atomic E-state index is -0.254. The number of aromatic nitrogens is 2. The van der Waals surface area contributed by atoms with E-state index in [0.29, 0.717) is 151 Å². The summed E-state index contributed by atoms with van der Waals surface area (Å²) in [6.07, 6.45) is 12.2. The van der Waals surface area contributed by atoms with Gasteiger partial charge in [-0.1, -0.05) is 30.7 Å². The molecule has 22 nitrogen and oxygen atoms in total. The van der Waals surface area contributed by atoms with Crippen molar-refractivity contribution in [1.29, 1.82) is 0 Å². The standard InChI is InChI=1S/C60H83N11O11S/c1-70(29-8-7-26-61-55(73)17-9-18-56(74)63-28-12-34-78-38-40-80-39-37-77-33-11-27-62-54(72)16-6-5-15-52-59-50(43-83-52)68-60(76)69-59)30-10-19-57(75)67-49-41-45(20-25-51(49)71-31-35-79-36-32-71)66-53-42-58(65-44-64-53)82-48-23-21-47(22-24-48)81-46-13-3-2-4-14-46/h2-4,10,13-14,19-25,41-42,44,50,52,59H,5-9,11-12,15-18,26-40,43H2,1H3,(H,61,73)(H,62,72)(H,63,74)(H,67,75)(H,64,65,66)(H2,68,69,76). The normalized spacial score (nSPS) is 16.5. The third kappa shape index (κ3) is 24.4. The third-order valence-electron chi connectivity index (χ3n) is 13.7. The second-order valence-electron chi connectivity index (χ2n) is 20.4. The summed E-state index contributed by atoms with van der Waals surface area (Å²) in [6.45, 7) is 8.43. The van der Waals surface area contributed by atoms with Crippen molar-refractivity contribution < 1.29 is 52.4 Å². The van der Waals surface area contributed by atoms with E-state index in [1.54, 1.807) is 12.1 Å². The summed E-state index contributed by atoms with van der Waals surface area (Å²) < 4.78 is 34.3. The summed E-state index contributed by atoms with van der Waals surface area (Å²) in [5.41, 5.74) is 2.25. The van der Waals surface area contributed by atoms with Gasteiger partial charge in [-0.05, 0) is 113 Å². The fraction of sp³-hybridized carbons (Fsp3) is 0.517. The van der Waals surface area contributed by atoms with Crippen molar-refractivity contribution in [2.75, 3.05) is 127 Å². The van der Waals surface area contributed by atoms with Gasteiger partial charge in [-0.3, -0.25) is 19.2 Å². The number of amides is 6. The number of anilines is 4. The lowest BCUT2D eigenvalue weighted by Gasteiger charge is -2.30. The molecule has 0 radical (unpaired) electrons. The molecule has 3 aromatic carbocycles. The van der Waals surface area contributed by atoms with E-state index < -0.39 is 0 Å². The minimum Gasteiger partial charge on any atom is -0.457 e. The van der Waals surface area contributed by atoms with Crippen LogP contribution in [0.25, 0.3) is 0 Å². The first-order chi connectivity index (χ1) is 40.6. The number of rotatable bonds is 39. The maximum atomic E-state index is 13.3. The zero-order valence-corrected chi connectivity index (χ0v) is 48.6. The van der Waals surface area contributed by atoms with Crippen LogP contribution < -0.4 is 51.6 Å². The summed E-state index contributed by atoms with van der Waals surface area (Å²) >= 11 is 1.90. The van der Waals surface area contributed by atoms with Crippen LogP contribution in [0.5, 0.6) is 23.1 Å². The number of carbonyl (C=O) groups excluding carboxylic acids is 5. The van der Waals surface area contributed by atoms with E-state index in [9.17, 15) is 24.0 Å². The Labute approximate surface area is 491 Å². The van der Waals surface area contributed by atoms with Crippen molar-refractivity contribution in [3.63, 3.8) is 0 Å². The first kappa shape index (κ1) is 63.6. The number of nitrogens with zero attached hydrogens (tertiary/aromatic N) is 4. The quantitative estimate of drug-likeness (QED) is 0.0136. The number of likely N-dealkylation sites (N-methyl/N-ethyl adjacent to an activating group) is 1. The zero-order valence-electron chi connectivity index (χ0n) is 47.7. The topological polar surface area (TPSA) is 257 Å². The molecule has 3 fully saturated rings. The van der Waals surface area contributed by atoms with Crippen molar-refractivity contribution in [3.8, 4) is 23.1 Å². The molecule has 83 heavy (non-hydrogen) atoms. The molecule has 1 aromatic heterocycles. The van der Waals surface area contributed by atoms with E-state index in [1.165, 1.54) is 6.33 Å². The highest BCUT2D eigenvalue weighted by atomic mass is 32.2. The number of carbonyl (C=O) groups is 5. The molecule has 0 saturated carbocycles. The highest BCUT2D eigenvalue weighted by molar-refractivity contribution is 8.00. The maximum absolute atomic E-state index is 13.3. The smallest absolute Gasteiger partial charge is 0.315 e. The average molecular weight is 1170 g/mol. The van der Waals surface area contributed by atoms with Crippen LogP contribution in [0.1, 0.15) is 70.6 Å². The Balaban J connectivity index is 0.653. The van der Waals surface area contributed by atoms with E-state index in [1.807, 2.05) is 97.7 Å². The molecule has 4 aromatic rings. The van der Waals surface area contributed by atoms with Crippen LogP contribution in [0.3, 0.4) is 0 Å². The Kier molecular flexibility index (Phi) is 28.0. The van der Waals surface area contributed by atoms with Gasteiger partial charge in [0.05, 0.1) is 63.1 Å². The van der Waals surface area contributed by atoms with Crippen molar-refractivity contribution in [2.45, 2.75) is 88.0 Å². The molecule has 4 heterocycles. The fourth-order valence-corrected chi connectivity index (χ4v) is 10.9. The van der Waals surface area contributed by atoms with Gasteiger partial charge in [0.2, 0.25) is 29.5 Å². The number of hydrogen-bond donors (Lipinski definition) is 7. The number of unbranched alkanes of at least 4 members (excludes halogenated alkanes) is 2. The number of fused-ring (bicyclic) bond motifs is 1. The van der Waals surface area contributed by atoms with Crippen LogP contribution >= 0.6 is 11.8 Å². The molecule has 3 aliphatic rings. The van der Waals surface area contributed by atoms with E-state index >= 15 is 0 Å². The molecule has 0 bridgehead atoms. The predicted molar refractivity (Wildman–Crippen MR) is 321 cm³/mol. The molecule has 6 amide bonds. The largest absolute Gasteiger partial charge is 0.457 e. The van der Waals surface area contributed by atoms with Gasteiger partial charge in [-0.15, -0.1) is 0 Å². The van der Waals surface area contributed by atoms with Gasteiger partial charge in [0.15, 0.2) is 0 Å². The van der Waals surface area contributed by atoms with Crippen LogP contribution in [0, 0.1) is 0 Å². The van der Waals surface area contributed by atoms with Gasteiger partial charge in [0, 0.05) is 101 Å². The van der Waals surface area contributed by atoms with Crippen LogP contribution in [-0.2, 0) is 38.1 Å². The highest BCUT2D eigenvalue weighted by Gasteiger charge is 2.42. The molecule has 23 heteroatoms. The second-order valence-corrected chi connectivity index (χ2v) is 21.6. The number of ether oxygens (including phenoxy) is 6. The number of urea groups is 1. The van der Waals surface area contributed by atoms with Crippen molar-refractivity contribution in [1.82, 2.24) is 41.5 Å². The van der Waals surface area contributed by atoms with Crippen molar-refractivity contribution >= 4 is 64.3 Å². The number of hydrogen-bond acceptors (Lipinski definition) is 17. The molecule has 7 rings (SSSR count). The van der Waals surface area contributed by atoms with E-state index in [2.05, 4.69) is 57.0 Å². The van der Waals surface area contributed by atoms with Crippen molar-refractivity contribution in [3.05, 3.63) is 97.3 Å². The minimum absolute atomic E-state index is 0.0614. The van der Waals surface area contributed by atoms with E-state index in [0.717, 1.165) is 62.3 Å². The SMILES string of the molecule is CN(CC=CC(=O)Nc1cc(Nc2cc(Oc3ccc(Oc4ccccc4)cc3)ncn2)ccc1N1CCOCC1)CCCCNC(=O)CCCC(=O)NCCCOCCOCCOCCCNC(=O)CCCCC1SCC2NC(=O)NC21. The van der Waals surface area contributed by atoms with Gasteiger partial charge in [0.1, 0.15) is 29.4 Å². The summed E-state index contributed by atoms with van der Waals surface area (Å²) in [5.74, 6) is 3.47. The number of nitrogens with one attached hydrogen (secondary N) is 7. The summed E-state index contributed by atoms with van der Waals surface area (Å²) in [5, 5.41) is 21.6. The third-order valence-corrected chi connectivity index (χ3v) is 15.2. The molecule has 3 atom stereocenters. The van der Waals surface area contributed by atoms with Gasteiger partial charge in [-0.25, -0.2) is 14.8 Å². The Morgan fingerprint density at radius 2 is 1.35 bits per heavy atom. The zero-order chi connectivity index (χ0) is 58.1. The van der Waals surface area contributed by atoms with Gasteiger partial charge < -0.3 is 75.4 Å². The Hall–Kier alpha value is -7.02. The fourth-order valence-electron chi connectivity index (χ4n) is 9.36. The van der Waals surface area contributed by atoms with Crippen LogP contribution in [0.15, 0.2) is 97.3 Å². The molecule has 450 valence electrons. The number of thioether (sulfide) groups is 1. The number of morpholine rings is 1. The van der Waals surface area contributed by atoms with Gasteiger partial charge in [0.25, 0.3) is 0 Å². The molecule has 7 N–H and O–H groups in total. The summed E-state index contributed by atoms with van der Waals surface area (Å²) in [6, 6.07) is 24.7.